The van der Waals surface area contributed by atoms with Crippen molar-refractivity contribution in [2.75, 3.05) is 40.0 Å². The molecule has 1 saturated heterocycles. The van der Waals surface area contributed by atoms with Crippen LogP contribution >= 0.6 is 0 Å². The normalized spacial score (nSPS) is 23.4. The number of aliphatic imine (C=N–C) groups is 1. The SMILES string of the molecule is CCC(CC)CNC(=NC)NCC1(CCO)CCOC1. The van der Waals surface area contributed by atoms with Gasteiger partial charge in [0.25, 0.3) is 0 Å². The lowest BCUT2D eigenvalue weighted by molar-refractivity contribution is 0.127. The Morgan fingerprint density at radius 1 is 1.35 bits per heavy atom. The fourth-order valence-electron chi connectivity index (χ4n) is 2.62. The first-order chi connectivity index (χ1) is 9.69. The Labute approximate surface area is 123 Å². The van der Waals surface area contributed by atoms with Crippen LogP contribution in [0.3, 0.4) is 0 Å². The Balaban J connectivity index is 2.40. The predicted octanol–water partition coefficient (Wildman–Crippen LogP) is 1.38. The zero-order chi connectivity index (χ0) is 14.8. The summed E-state index contributed by atoms with van der Waals surface area (Å²) in [6, 6.07) is 0. The molecule has 5 heteroatoms. The van der Waals surface area contributed by atoms with E-state index >= 15 is 0 Å². The molecule has 0 aromatic carbocycles. The molecule has 1 unspecified atom stereocenters. The third kappa shape index (κ3) is 5.29. The minimum absolute atomic E-state index is 0.0568. The molecular formula is C15H31N3O2. The third-order valence-corrected chi connectivity index (χ3v) is 4.39. The second-order valence-corrected chi connectivity index (χ2v) is 5.77. The van der Waals surface area contributed by atoms with Crippen LogP contribution in [-0.4, -0.2) is 51.0 Å². The molecule has 1 aliphatic rings. The number of guanidine groups is 1. The number of rotatable bonds is 8. The van der Waals surface area contributed by atoms with Crippen LogP contribution in [0, 0.1) is 11.3 Å². The molecule has 3 N–H and O–H groups in total. The van der Waals surface area contributed by atoms with Gasteiger partial charge in [-0.3, -0.25) is 4.99 Å². The molecule has 1 aliphatic heterocycles. The van der Waals surface area contributed by atoms with Crippen molar-refractivity contribution in [1.29, 1.82) is 0 Å². The molecule has 1 heterocycles. The quantitative estimate of drug-likeness (QED) is 0.465. The molecule has 1 fully saturated rings. The standard InChI is InChI=1S/C15H31N3O2/c1-4-13(5-2)10-17-14(16-3)18-11-15(6-8-19)7-9-20-12-15/h13,19H,4-12H2,1-3H3,(H2,16,17,18). The van der Waals surface area contributed by atoms with Crippen LogP contribution in [0.2, 0.25) is 0 Å². The van der Waals surface area contributed by atoms with Gasteiger partial charge in [-0.15, -0.1) is 0 Å². The summed E-state index contributed by atoms with van der Waals surface area (Å²) in [6.45, 7) is 7.93. The zero-order valence-corrected chi connectivity index (χ0v) is 13.2. The number of hydrogen-bond donors (Lipinski definition) is 3. The van der Waals surface area contributed by atoms with Gasteiger partial charge in [-0.2, -0.15) is 0 Å². The van der Waals surface area contributed by atoms with Crippen molar-refractivity contribution in [2.24, 2.45) is 16.3 Å². The van der Waals surface area contributed by atoms with Crippen LogP contribution < -0.4 is 10.6 Å². The molecule has 0 spiro atoms. The van der Waals surface area contributed by atoms with Gasteiger partial charge < -0.3 is 20.5 Å². The molecule has 0 bridgehead atoms. The average molecular weight is 285 g/mol. The minimum Gasteiger partial charge on any atom is -0.396 e. The lowest BCUT2D eigenvalue weighted by atomic mass is 9.84. The van der Waals surface area contributed by atoms with Crippen molar-refractivity contribution in [2.45, 2.75) is 39.5 Å². The highest BCUT2D eigenvalue weighted by Crippen LogP contribution is 2.31. The maximum absolute atomic E-state index is 9.23. The summed E-state index contributed by atoms with van der Waals surface area (Å²) in [4.78, 5) is 4.27. The first kappa shape index (κ1) is 17.2. The highest BCUT2D eigenvalue weighted by Gasteiger charge is 2.34. The van der Waals surface area contributed by atoms with Gasteiger partial charge in [0.15, 0.2) is 5.96 Å². The number of aliphatic hydroxyl groups excluding tert-OH is 1. The van der Waals surface area contributed by atoms with Crippen molar-refractivity contribution in [3.05, 3.63) is 0 Å². The van der Waals surface area contributed by atoms with E-state index in [0.717, 1.165) is 45.1 Å². The van der Waals surface area contributed by atoms with E-state index in [4.69, 9.17) is 4.74 Å². The smallest absolute Gasteiger partial charge is 0.191 e. The Kier molecular flexibility index (Phi) is 7.92. The summed E-state index contributed by atoms with van der Waals surface area (Å²) in [5, 5.41) is 16.0. The van der Waals surface area contributed by atoms with Gasteiger partial charge in [0.2, 0.25) is 0 Å². The van der Waals surface area contributed by atoms with E-state index in [9.17, 15) is 5.11 Å². The van der Waals surface area contributed by atoms with Gasteiger partial charge >= 0.3 is 0 Å². The second-order valence-electron chi connectivity index (χ2n) is 5.77. The number of aliphatic hydroxyl groups is 1. The van der Waals surface area contributed by atoms with E-state index < -0.39 is 0 Å². The molecule has 0 saturated carbocycles. The van der Waals surface area contributed by atoms with Crippen LogP contribution in [0.15, 0.2) is 4.99 Å². The molecule has 0 radical (unpaired) electrons. The minimum atomic E-state index is 0.0568. The number of hydrogen-bond acceptors (Lipinski definition) is 3. The molecule has 1 rings (SSSR count). The molecule has 0 aromatic heterocycles. The molecule has 0 aliphatic carbocycles. The first-order valence-corrected chi connectivity index (χ1v) is 7.82. The van der Waals surface area contributed by atoms with E-state index in [1.165, 1.54) is 12.8 Å². The van der Waals surface area contributed by atoms with Gasteiger partial charge in [0.1, 0.15) is 0 Å². The summed E-state index contributed by atoms with van der Waals surface area (Å²) in [5.41, 5.74) is 0.0568. The van der Waals surface area contributed by atoms with E-state index in [1.807, 2.05) is 0 Å². The Hall–Kier alpha value is -0.810. The summed E-state index contributed by atoms with van der Waals surface area (Å²) in [7, 11) is 1.80. The molecule has 20 heavy (non-hydrogen) atoms. The zero-order valence-electron chi connectivity index (χ0n) is 13.2. The number of nitrogens with zero attached hydrogens (tertiary/aromatic N) is 1. The van der Waals surface area contributed by atoms with E-state index in [0.29, 0.717) is 5.92 Å². The molecular weight excluding hydrogens is 254 g/mol. The predicted molar refractivity (Wildman–Crippen MR) is 83.0 cm³/mol. The van der Waals surface area contributed by atoms with Gasteiger partial charge in [-0.05, 0) is 18.8 Å². The maximum Gasteiger partial charge on any atom is 0.191 e. The topological polar surface area (TPSA) is 65.9 Å². The maximum atomic E-state index is 9.23. The lowest BCUT2D eigenvalue weighted by Gasteiger charge is -2.28. The molecule has 0 amide bonds. The third-order valence-electron chi connectivity index (χ3n) is 4.39. The summed E-state index contributed by atoms with van der Waals surface area (Å²) in [5.74, 6) is 1.54. The largest absolute Gasteiger partial charge is 0.396 e. The summed E-state index contributed by atoms with van der Waals surface area (Å²) >= 11 is 0. The van der Waals surface area contributed by atoms with E-state index in [1.54, 1.807) is 7.05 Å². The van der Waals surface area contributed by atoms with Crippen molar-refractivity contribution in [3.8, 4) is 0 Å². The number of nitrogens with one attached hydrogen (secondary N) is 2. The Morgan fingerprint density at radius 3 is 2.60 bits per heavy atom. The second kappa shape index (κ2) is 9.19. The van der Waals surface area contributed by atoms with Crippen molar-refractivity contribution in [1.82, 2.24) is 10.6 Å². The van der Waals surface area contributed by atoms with E-state index in [-0.39, 0.29) is 12.0 Å². The average Bonchev–Trinajstić information content (AvgIpc) is 2.92. The van der Waals surface area contributed by atoms with Crippen LogP contribution in [0.4, 0.5) is 0 Å². The summed E-state index contributed by atoms with van der Waals surface area (Å²) < 4.78 is 5.50. The molecule has 5 nitrogen and oxygen atoms in total. The highest BCUT2D eigenvalue weighted by atomic mass is 16.5. The van der Waals surface area contributed by atoms with Gasteiger partial charge in [-0.1, -0.05) is 26.7 Å². The van der Waals surface area contributed by atoms with Crippen LogP contribution in [0.1, 0.15) is 39.5 Å². The monoisotopic (exact) mass is 285 g/mol. The summed E-state index contributed by atoms with van der Waals surface area (Å²) in [6.07, 6.45) is 4.15. The lowest BCUT2D eigenvalue weighted by Crippen LogP contribution is -2.45. The van der Waals surface area contributed by atoms with Crippen LogP contribution in [-0.2, 0) is 4.74 Å². The van der Waals surface area contributed by atoms with E-state index in [2.05, 4.69) is 29.5 Å². The highest BCUT2D eigenvalue weighted by molar-refractivity contribution is 5.79. The molecule has 1 atom stereocenters. The van der Waals surface area contributed by atoms with Gasteiger partial charge in [-0.25, -0.2) is 0 Å². The van der Waals surface area contributed by atoms with Gasteiger partial charge in [0.05, 0.1) is 6.61 Å². The van der Waals surface area contributed by atoms with Crippen molar-refractivity contribution in [3.63, 3.8) is 0 Å². The van der Waals surface area contributed by atoms with Crippen LogP contribution in [0.5, 0.6) is 0 Å². The van der Waals surface area contributed by atoms with Gasteiger partial charge in [0, 0.05) is 38.8 Å². The van der Waals surface area contributed by atoms with Crippen molar-refractivity contribution >= 4 is 5.96 Å². The molecule has 0 aromatic rings. The first-order valence-electron chi connectivity index (χ1n) is 7.82. The fraction of sp³-hybridized carbons (Fsp3) is 0.933. The van der Waals surface area contributed by atoms with Crippen molar-refractivity contribution < 1.29 is 9.84 Å². The fourth-order valence-corrected chi connectivity index (χ4v) is 2.62. The molecule has 118 valence electrons. The Morgan fingerprint density at radius 2 is 2.10 bits per heavy atom. The van der Waals surface area contributed by atoms with Crippen LogP contribution in [0.25, 0.3) is 0 Å². The number of ether oxygens (including phenoxy) is 1. The Bertz CT molecular complexity index is 285.